The first-order valence-corrected chi connectivity index (χ1v) is 12.4. The molecule has 8 nitrogen and oxygen atoms in total. The maximum atomic E-state index is 13.9. The average Bonchev–Trinajstić information content (AvgIpc) is 3.35. The summed E-state index contributed by atoms with van der Waals surface area (Å²) in [4.78, 5) is 50.9. The van der Waals surface area contributed by atoms with Crippen LogP contribution in [0.1, 0.15) is 12.0 Å². The van der Waals surface area contributed by atoms with Crippen molar-refractivity contribution >= 4 is 50.7 Å². The molecule has 0 fully saturated rings. The van der Waals surface area contributed by atoms with Gasteiger partial charge >= 0.3 is 5.69 Å². The molecule has 0 unspecified atom stereocenters. The summed E-state index contributed by atoms with van der Waals surface area (Å²) < 4.78 is 16.3. The van der Waals surface area contributed by atoms with Crippen molar-refractivity contribution in [1.29, 1.82) is 0 Å². The number of rotatable bonds is 9. The van der Waals surface area contributed by atoms with Crippen LogP contribution in [0, 0.1) is 5.82 Å². The van der Waals surface area contributed by atoms with E-state index in [4.69, 9.17) is 11.6 Å². The summed E-state index contributed by atoms with van der Waals surface area (Å²) in [5, 5.41) is 7.49. The van der Waals surface area contributed by atoms with Gasteiger partial charge in [0.25, 0.3) is 5.56 Å². The van der Waals surface area contributed by atoms with E-state index in [1.165, 1.54) is 18.2 Å². The standard InChI is InChI=1S/C25H22ClFN4O4S/c26-17-7-5-16(6-8-17)9-12-28-21(32)10-13-30-24(34)23-20(11-14-36-23)31(25(30)35)15-22(33)29-19-4-2-1-3-18(19)27/h1-8,11,14H,9-10,12-13,15H2,(H,28,32)(H,29,33). The highest BCUT2D eigenvalue weighted by Gasteiger charge is 2.17. The number of nitrogens with one attached hydrogen (secondary N) is 2. The van der Waals surface area contributed by atoms with Gasteiger partial charge in [-0.3, -0.25) is 23.5 Å². The Hall–Kier alpha value is -3.76. The second kappa shape index (κ2) is 11.3. The third-order valence-electron chi connectivity index (χ3n) is 5.50. The highest BCUT2D eigenvalue weighted by atomic mass is 35.5. The molecule has 0 spiro atoms. The second-order valence-corrected chi connectivity index (χ2v) is 9.32. The maximum Gasteiger partial charge on any atom is 0.332 e. The van der Waals surface area contributed by atoms with Crippen molar-refractivity contribution in [3.05, 3.63) is 97.2 Å². The first kappa shape index (κ1) is 25.3. The Labute approximate surface area is 213 Å². The van der Waals surface area contributed by atoms with Gasteiger partial charge in [-0.25, -0.2) is 9.18 Å². The molecule has 0 aliphatic heterocycles. The minimum Gasteiger partial charge on any atom is -0.356 e. The van der Waals surface area contributed by atoms with E-state index in [2.05, 4.69) is 10.6 Å². The number of amides is 2. The summed E-state index contributed by atoms with van der Waals surface area (Å²) in [5.41, 5.74) is 0.0620. The molecule has 0 bridgehead atoms. The average molecular weight is 529 g/mol. The summed E-state index contributed by atoms with van der Waals surface area (Å²) in [6.45, 7) is -0.180. The number of halogens is 2. The number of hydrogen-bond donors (Lipinski definition) is 2. The molecule has 0 saturated carbocycles. The lowest BCUT2D eigenvalue weighted by Crippen LogP contribution is -2.42. The van der Waals surface area contributed by atoms with Crippen molar-refractivity contribution in [3.8, 4) is 0 Å². The number of anilines is 1. The minimum atomic E-state index is -0.719. The quantitative estimate of drug-likeness (QED) is 0.347. The van der Waals surface area contributed by atoms with Crippen LogP contribution in [0.15, 0.2) is 69.6 Å². The number of benzene rings is 2. The van der Waals surface area contributed by atoms with Crippen molar-refractivity contribution in [2.75, 3.05) is 11.9 Å². The molecule has 0 radical (unpaired) electrons. The molecule has 0 aliphatic carbocycles. The molecule has 0 atom stereocenters. The molecule has 4 aromatic rings. The number of fused-ring (bicyclic) bond motifs is 1. The number of hydrogen-bond acceptors (Lipinski definition) is 5. The first-order valence-electron chi connectivity index (χ1n) is 11.1. The smallest absolute Gasteiger partial charge is 0.332 e. The third kappa shape index (κ3) is 5.89. The molecule has 0 aliphatic rings. The number of carbonyl (C=O) groups excluding carboxylic acids is 2. The normalized spacial score (nSPS) is 10.9. The molecular formula is C25H22ClFN4O4S. The van der Waals surface area contributed by atoms with Crippen LogP contribution in [0.3, 0.4) is 0 Å². The van der Waals surface area contributed by atoms with Gasteiger partial charge < -0.3 is 10.6 Å². The van der Waals surface area contributed by atoms with Crippen LogP contribution in [0.4, 0.5) is 10.1 Å². The number of aromatic nitrogens is 2. The topological polar surface area (TPSA) is 102 Å². The van der Waals surface area contributed by atoms with Crippen LogP contribution in [0.5, 0.6) is 0 Å². The van der Waals surface area contributed by atoms with Gasteiger partial charge in [-0.05, 0) is 47.7 Å². The van der Waals surface area contributed by atoms with E-state index in [1.807, 2.05) is 12.1 Å². The van der Waals surface area contributed by atoms with Crippen LogP contribution in [-0.2, 0) is 29.1 Å². The van der Waals surface area contributed by atoms with Crippen molar-refractivity contribution < 1.29 is 14.0 Å². The summed E-state index contributed by atoms with van der Waals surface area (Å²) in [6, 6.07) is 14.5. The van der Waals surface area contributed by atoms with Gasteiger partial charge in [-0.1, -0.05) is 35.9 Å². The largest absolute Gasteiger partial charge is 0.356 e. The van der Waals surface area contributed by atoms with Crippen molar-refractivity contribution in [3.63, 3.8) is 0 Å². The first-order chi connectivity index (χ1) is 17.3. The molecule has 0 saturated heterocycles. The zero-order valence-corrected chi connectivity index (χ0v) is 20.6. The van der Waals surface area contributed by atoms with Gasteiger partial charge in [-0.15, -0.1) is 11.3 Å². The van der Waals surface area contributed by atoms with Crippen LogP contribution < -0.4 is 21.9 Å². The van der Waals surface area contributed by atoms with E-state index in [0.717, 1.165) is 26.0 Å². The van der Waals surface area contributed by atoms with E-state index >= 15 is 0 Å². The monoisotopic (exact) mass is 528 g/mol. The Morgan fingerprint density at radius 2 is 1.72 bits per heavy atom. The van der Waals surface area contributed by atoms with Crippen LogP contribution >= 0.6 is 22.9 Å². The van der Waals surface area contributed by atoms with Gasteiger partial charge in [0.1, 0.15) is 17.1 Å². The van der Waals surface area contributed by atoms with E-state index in [1.54, 1.807) is 29.6 Å². The molecule has 2 heterocycles. The molecular weight excluding hydrogens is 507 g/mol. The summed E-state index contributed by atoms with van der Waals surface area (Å²) in [5.74, 6) is -1.55. The number of thiophene rings is 1. The number of nitrogens with zero attached hydrogens (tertiary/aromatic N) is 2. The van der Waals surface area contributed by atoms with Gasteiger partial charge in [-0.2, -0.15) is 0 Å². The fraction of sp³-hybridized carbons (Fsp3) is 0.200. The van der Waals surface area contributed by atoms with Crippen molar-refractivity contribution in [2.24, 2.45) is 0 Å². The zero-order valence-electron chi connectivity index (χ0n) is 19.0. The van der Waals surface area contributed by atoms with E-state index in [9.17, 15) is 23.6 Å². The van der Waals surface area contributed by atoms with E-state index in [0.29, 0.717) is 23.5 Å². The Balaban J connectivity index is 1.45. The van der Waals surface area contributed by atoms with Gasteiger partial charge in [0.2, 0.25) is 11.8 Å². The Morgan fingerprint density at radius 3 is 2.47 bits per heavy atom. The lowest BCUT2D eigenvalue weighted by molar-refractivity contribution is -0.121. The maximum absolute atomic E-state index is 13.9. The molecule has 186 valence electrons. The fourth-order valence-electron chi connectivity index (χ4n) is 3.68. The number of carbonyl (C=O) groups is 2. The Kier molecular flexibility index (Phi) is 7.97. The SMILES string of the molecule is O=C(CCn1c(=O)c2sccc2n(CC(=O)Nc2ccccc2F)c1=O)NCCc1ccc(Cl)cc1. The number of para-hydroxylation sites is 1. The van der Waals surface area contributed by atoms with Crippen molar-refractivity contribution in [1.82, 2.24) is 14.5 Å². The van der Waals surface area contributed by atoms with Crippen molar-refractivity contribution in [2.45, 2.75) is 25.9 Å². The highest BCUT2D eigenvalue weighted by Crippen LogP contribution is 2.16. The molecule has 2 amide bonds. The highest BCUT2D eigenvalue weighted by molar-refractivity contribution is 7.17. The lowest BCUT2D eigenvalue weighted by Gasteiger charge is -2.13. The third-order valence-corrected chi connectivity index (χ3v) is 6.64. The predicted molar refractivity (Wildman–Crippen MR) is 138 cm³/mol. The van der Waals surface area contributed by atoms with E-state index < -0.39 is 29.5 Å². The minimum absolute atomic E-state index is 0.0132. The molecule has 11 heteroatoms. The lowest BCUT2D eigenvalue weighted by atomic mass is 10.1. The summed E-state index contributed by atoms with van der Waals surface area (Å²) in [7, 11) is 0. The predicted octanol–water partition coefficient (Wildman–Crippen LogP) is 3.40. The van der Waals surface area contributed by atoms with Crippen LogP contribution in [0.2, 0.25) is 5.02 Å². The molecule has 4 rings (SSSR count). The van der Waals surface area contributed by atoms with Crippen LogP contribution in [-0.4, -0.2) is 27.5 Å². The van der Waals surface area contributed by atoms with Gasteiger partial charge in [0.05, 0.1) is 11.2 Å². The van der Waals surface area contributed by atoms with E-state index in [-0.39, 0.29) is 29.3 Å². The summed E-state index contributed by atoms with van der Waals surface area (Å²) >= 11 is 7.01. The van der Waals surface area contributed by atoms with Gasteiger partial charge in [0.15, 0.2) is 0 Å². The zero-order chi connectivity index (χ0) is 25.7. The van der Waals surface area contributed by atoms with Gasteiger partial charge in [0, 0.05) is 24.5 Å². The Bertz CT molecular complexity index is 1530. The molecule has 36 heavy (non-hydrogen) atoms. The summed E-state index contributed by atoms with van der Waals surface area (Å²) in [6.07, 6.45) is 0.516. The Morgan fingerprint density at radius 1 is 0.972 bits per heavy atom. The van der Waals surface area contributed by atoms with Crippen LogP contribution in [0.25, 0.3) is 10.2 Å². The molecule has 2 aromatic heterocycles. The molecule has 2 aromatic carbocycles. The second-order valence-electron chi connectivity index (χ2n) is 7.96. The molecule has 2 N–H and O–H groups in total. The fourth-order valence-corrected chi connectivity index (χ4v) is 4.65.